The molecular formula is C18H19N3O3. The highest BCUT2D eigenvalue weighted by molar-refractivity contribution is 5.91. The van der Waals surface area contributed by atoms with Crippen LogP contribution >= 0.6 is 0 Å². The molecule has 1 aliphatic heterocycles. The number of benzene rings is 1. The van der Waals surface area contributed by atoms with Gasteiger partial charge >= 0.3 is 0 Å². The fourth-order valence-corrected chi connectivity index (χ4v) is 2.61. The SMILES string of the molecule is Cc1cc(=O)[nH]c(C2CN(C(=O)C=Cc3ccccc3)CCO2)n1. The molecule has 1 unspecified atom stereocenters. The quantitative estimate of drug-likeness (QED) is 0.872. The van der Waals surface area contributed by atoms with Crippen molar-refractivity contribution in [2.75, 3.05) is 19.7 Å². The summed E-state index contributed by atoms with van der Waals surface area (Å²) < 4.78 is 5.67. The zero-order chi connectivity index (χ0) is 16.9. The third-order valence-corrected chi connectivity index (χ3v) is 3.79. The Morgan fingerprint density at radius 2 is 2.17 bits per heavy atom. The van der Waals surface area contributed by atoms with Crippen molar-refractivity contribution in [2.45, 2.75) is 13.0 Å². The van der Waals surface area contributed by atoms with Gasteiger partial charge in [-0.2, -0.15) is 0 Å². The Balaban J connectivity index is 1.70. The van der Waals surface area contributed by atoms with Crippen LogP contribution in [0.15, 0.2) is 47.3 Å². The largest absolute Gasteiger partial charge is 0.367 e. The van der Waals surface area contributed by atoms with Crippen molar-refractivity contribution >= 4 is 12.0 Å². The number of ether oxygens (including phenoxy) is 1. The van der Waals surface area contributed by atoms with Gasteiger partial charge in [-0.25, -0.2) is 4.98 Å². The summed E-state index contributed by atoms with van der Waals surface area (Å²) in [7, 11) is 0. The molecule has 6 nitrogen and oxygen atoms in total. The minimum atomic E-state index is -0.416. The number of nitrogens with one attached hydrogen (secondary N) is 1. The summed E-state index contributed by atoms with van der Waals surface area (Å²) in [6, 6.07) is 11.1. The molecule has 1 aromatic heterocycles. The predicted molar refractivity (Wildman–Crippen MR) is 90.3 cm³/mol. The van der Waals surface area contributed by atoms with Crippen molar-refractivity contribution < 1.29 is 9.53 Å². The Kier molecular flexibility index (Phi) is 4.86. The van der Waals surface area contributed by atoms with Gasteiger partial charge in [-0.05, 0) is 18.6 Å². The standard InChI is InChI=1S/C18H19N3O3/c1-13-11-16(22)20-18(19-13)15-12-21(9-10-24-15)17(23)8-7-14-5-3-2-4-6-14/h2-8,11,15H,9-10,12H2,1H3,(H,19,20,22). The zero-order valence-electron chi connectivity index (χ0n) is 13.4. The first-order valence-corrected chi connectivity index (χ1v) is 7.83. The summed E-state index contributed by atoms with van der Waals surface area (Å²) >= 11 is 0. The second-order valence-corrected chi connectivity index (χ2v) is 5.66. The lowest BCUT2D eigenvalue weighted by Gasteiger charge is -2.31. The molecule has 2 aromatic rings. The number of carbonyl (C=O) groups is 1. The number of aromatic amines is 1. The molecule has 1 aromatic carbocycles. The number of aryl methyl sites for hydroxylation is 1. The summed E-state index contributed by atoms with van der Waals surface area (Å²) in [5, 5.41) is 0. The molecule has 1 atom stereocenters. The molecule has 124 valence electrons. The monoisotopic (exact) mass is 325 g/mol. The van der Waals surface area contributed by atoms with E-state index in [1.165, 1.54) is 6.07 Å². The second-order valence-electron chi connectivity index (χ2n) is 5.66. The predicted octanol–water partition coefficient (Wildman–Crippen LogP) is 1.69. The lowest BCUT2D eigenvalue weighted by molar-refractivity contribution is -0.134. The van der Waals surface area contributed by atoms with Crippen LogP contribution in [-0.2, 0) is 9.53 Å². The highest BCUT2D eigenvalue weighted by Gasteiger charge is 2.26. The van der Waals surface area contributed by atoms with Gasteiger partial charge in [-0.3, -0.25) is 9.59 Å². The molecule has 1 N–H and O–H groups in total. The molecule has 6 heteroatoms. The lowest BCUT2D eigenvalue weighted by atomic mass is 10.2. The van der Waals surface area contributed by atoms with Crippen LogP contribution in [0.1, 0.15) is 23.2 Å². The van der Waals surface area contributed by atoms with Gasteiger partial charge in [0.15, 0.2) is 0 Å². The molecule has 1 saturated heterocycles. The van der Waals surface area contributed by atoms with E-state index in [1.54, 1.807) is 24.0 Å². The third-order valence-electron chi connectivity index (χ3n) is 3.79. The van der Waals surface area contributed by atoms with E-state index in [0.717, 1.165) is 5.56 Å². The van der Waals surface area contributed by atoms with Gasteiger partial charge in [0.25, 0.3) is 5.56 Å². The molecule has 0 aliphatic carbocycles. The number of carbonyl (C=O) groups excluding carboxylic acids is 1. The maximum atomic E-state index is 12.4. The molecule has 1 aliphatic rings. The Labute approximate surface area is 139 Å². The number of morpholine rings is 1. The topological polar surface area (TPSA) is 75.3 Å². The van der Waals surface area contributed by atoms with Crippen LogP contribution in [0.2, 0.25) is 0 Å². The van der Waals surface area contributed by atoms with E-state index in [2.05, 4.69) is 9.97 Å². The molecule has 0 radical (unpaired) electrons. The van der Waals surface area contributed by atoms with E-state index in [0.29, 0.717) is 31.2 Å². The summed E-state index contributed by atoms with van der Waals surface area (Å²) in [6.45, 7) is 3.05. The molecule has 1 fully saturated rings. The number of aromatic nitrogens is 2. The van der Waals surface area contributed by atoms with Crippen LogP contribution < -0.4 is 5.56 Å². The first kappa shape index (κ1) is 16.1. The molecule has 0 spiro atoms. The van der Waals surface area contributed by atoms with Gasteiger partial charge in [-0.15, -0.1) is 0 Å². The van der Waals surface area contributed by atoms with E-state index in [4.69, 9.17) is 4.74 Å². The van der Waals surface area contributed by atoms with Gasteiger partial charge in [0, 0.05) is 24.4 Å². The minimum absolute atomic E-state index is 0.0813. The number of amides is 1. The first-order chi connectivity index (χ1) is 11.6. The fraction of sp³-hybridized carbons (Fsp3) is 0.278. The van der Waals surface area contributed by atoms with Crippen molar-refractivity contribution in [2.24, 2.45) is 0 Å². The van der Waals surface area contributed by atoms with Gasteiger partial charge in [0.2, 0.25) is 5.91 Å². The number of hydrogen-bond donors (Lipinski definition) is 1. The molecule has 3 rings (SSSR count). The van der Waals surface area contributed by atoms with Crippen molar-refractivity contribution in [1.82, 2.24) is 14.9 Å². The van der Waals surface area contributed by atoms with E-state index >= 15 is 0 Å². The van der Waals surface area contributed by atoms with Crippen LogP contribution in [0.5, 0.6) is 0 Å². The number of rotatable bonds is 3. The van der Waals surface area contributed by atoms with E-state index in [-0.39, 0.29) is 11.5 Å². The highest BCUT2D eigenvalue weighted by Crippen LogP contribution is 2.19. The number of nitrogens with zero attached hydrogens (tertiary/aromatic N) is 2. The van der Waals surface area contributed by atoms with Gasteiger partial charge in [-0.1, -0.05) is 30.3 Å². The number of H-pyrrole nitrogens is 1. The fourth-order valence-electron chi connectivity index (χ4n) is 2.61. The first-order valence-electron chi connectivity index (χ1n) is 7.83. The van der Waals surface area contributed by atoms with Crippen LogP contribution in [0.4, 0.5) is 0 Å². The molecule has 0 saturated carbocycles. The maximum absolute atomic E-state index is 12.4. The molecule has 2 heterocycles. The minimum Gasteiger partial charge on any atom is -0.367 e. The Morgan fingerprint density at radius 3 is 2.92 bits per heavy atom. The van der Waals surface area contributed by atoms with Gasteiger partial charge in [0.05, 0.1) is 13.2 Å². The van der Waals surface area contributed by atoms with Crippen molar-refractivity contribution in [3.8, 4) is 0 Å². The van der Waals surface area contributed by atoms with Crippen molar-refractivity contribution in [3.63, 3.8) is 0 Å². The summed E-state index contributed by atoms with van der Waals surface area (Å²) in [4.78, 5) is 32.7. The molecule has 24 heavy (non-hydrogen) atoms. The zero-order valence-corrected chi connectivity index (χ0v) is 13.4. The van der Waals surface area contributed by atoms with E-state index in [1.807, 2.05) is 30.3 Å². The summed E-state index contributed by atoms with van der Waals surface area (Å²) in [5.41, 5.74) is 1.39. The Morgan fingerprint density at radius 1 is 1.38 bits per heavy atom. The van der Waals surface area contributed by atoms with Crippen molar-refractivity contribution in [1.29, 1.82) is 0 Å². The lowest BCUT2D eigenvalue weighted by Crippen LogP contribution is -2.42. The normalized spacial score (nSPS) is 18.0. The Bertz CT molecular complexity index is 799. The number of hydrogen-bond acceptors (Lipinski definition) is 4. The van der Waals surface area contributed by atoms with E-state index in [9.17, 15) is 9.59 Å². The third kappa shape index (κ3) is 3.97. The van der Waals surface area contributed by atoms with Gasteiger partial charge in [0.1, 0.15) is 11.9 Å². The summed E-state index contributed by atoms with van der Waals surface area (Å²) in [5.74, 6) is 0.381. The van der Waals surface area contributed by atoms with Gasteiger partial charge < -0.3 is 14.6 Å². The summed E-state index contributed by atoms with van der Waals surface area (Å²) in [6.07, 6.45) is 2.93. The Hall–Kier alpha value is -2.73. The average molecular weight is 325 g/mol. The molecule has 0 bridgehead atoms. The van der Waals surface area contributed by atoms with Crippen LogP contribution in [0.3, 0.4) is 0 Å². The van der Waals surface area contributed by atoms with E-state index < -0.39 is 6.10 Å². The molecule has 1 amide bonds. The molecular weight excluding hydrogens is 306 g/mol. The van der Waals surface area contributed by atoms with Crippen LogP contribution in [0, 0.1) is 6.92 Å². The van der Waals surface area contributed by atoms with Crippen LogP contribution in [0.25, 0.3) is 6.08 Å². The van der Waals surface area contributed by atoms with Crippen LogP contribution in [-0.4, -0.2) is 40.5 Å². The average Bonchev–Trinajstić information content (AvgIpc) is 2.60. The second kappa shape index (κ2) is 7.23. The van der Waals surface area contributed by atoms with Crippen molar-refractivity contribution in [3.05, 3.63) is 69.9 Å². The smallest absolute Gasteiger partial charge is 0.251 e. The highest BCUT2D eigenvalue weighted by atomic mass is 16.5. The maximum Gasteiger partial charge on any atom is 0.251 e.